The highest BCUT2D eigenvalue weighted by molar-refractivity contribution is 5.79. The van der Waals surface area contributed by atoms with Crippen molar-refractivity contribution in [1.82, 2.24) is 4.57 Å². The van der Waals surface area contributed by atoms with Crippen LogP contribution < -0.4 is 0 Å². The predicted octanol–water partition coefficient (Wildman–Crippen LogP) is 3.59. The molecule has 0 unspecified atom stereocenters. The van der Waals surface area contributed by atoms with E-state index >= 15 is 0 Å². The Kier molecular flexibility index (Phi) is 2.07. The van der Waals surface area contributed by atoms with E-state index in [1.807, 2.05) is 19.1 Å². The lowest BCUT2D eigenvalue weighted by Gasteiger charge is -2.02. The van der Waals surface area contributed by atoms with Crippen molar-refractivity contribution >= 4 is 10.9 Å². The van der Waals surface area contributed by atoms with Crippen LogP contribution in [-0.4, -0.2) is 4.57 Å². The molecule has 1 aromatic carbocycles. The molecule has 3 rings (SSSR count). The SMILES string of the molecule is Cc1ccc(Cn2ccc3ccccc32)o1. The van der Waals surface area contributed by atoms with E-state index < -0.39 is 0 Å². The number of fused-ring (bicyclic) bond motifs is 1. The highest BCUT2D eigenvalue weighted by atomic mass is 16.3. The molecule has 0 bridgehead atoms. The summed E-state index contributed by atoms with van der Waals surface area (Å²) < 4.78 is 7.79. The van der Waals surface area contributed by atoms with Crippen LogP contribution >= 0.6 is 0 Å². The van der Waals surface area contributed by atoms with E-state index in [2.05, 4.69) is 41.1 Å². The fraction of sp³-hybridized carbons (Fsp3) is 0.143. The average molecular weight is 211 g/mol. The van der Waals surface area contributed by atoms with Crippen molar-refractivity contribution < 1.29 is 4.42 Å². The largest absolute Gasteiger partial charge is 0.464 e. The minimum Gasteiger partial charge on any atom is -0.464 e. The zero-order valence-corrected chi connectivity index (χ0v) is 9.18. The Labute approximate surface area is 94.1 Å². The van der Waals surface area contributed by atoms with Crippen molar-refractivity contribution in [3.05, 3.63) is 60.2 Å². The Hall–Kier alpha value is -1.96. The number of aromatic nitrogens is 1. The molecule has 0 saturated heterocycles. The lowest BCUT2D eigenvalue weighted by atomic mass is 10.2. The van der Waals surface area contributed by atoms with Crippen LogP contribution in [-0.2, 0) is 6.54 Å². The van der Waals surface area contributed by atoms with Gasteiger partial charge >= 0.3 is 0 Å². The number of para-hydroxylation sites is 1. The van der Waals surface area contributed by atoms with Crippen molar-refractivity contribution in [2.24, 2.45) is 0 Å². The number of furan rings is 1. The van der Waals surface area contributed by atoms with Crippen molar-refractivity contribution in [1.29, 1.82) is 0 Å². The van der Waals surface area contributed by atoms with Gasteiger partial charge in [0, 0.05) is 11.7 Å². The average Bonchev–Trinajstić information content (AvgIpc) is 2.87. The number of hydrogen-bond donors (Lipinski definition) is 0. The molecule has 80 valence electrons. The van der Waals surface area contributed by atoms with Gasteiger partial charge in [-0.15, -0.1) is 0 Å². The normalized spacial score (nSPS) is 11.1. The molecule has 0 aliphatic rings. The molecule has 2 aromatic heterocycles. The quantitative estimate of drug-likeness (QED) is 0.633. The molecular weight excluding hydrogens is 198 g/mol. The van der Waals surface area contributed by atoms with Gasteiger partial charge in [-0.3, -0.25) is 0 Å². The third-order valence-electron chi connectivity index (χ3n) is 2.80. The van der Waals surface area contributed by atoms with Gasteiger partial charge in [-0.1, -0.05) is 18.2 Å². The second-order valence-corrected chi connectivity index (χ2v) is 4.01. The molecule has 2 nitrogen and oxygen atoms in total. The van der Waals surface area contributed by atoms with Crippen molar-refractivity contribution in [2.45, 2.75) is 13.5 Å². The third kappa shape index (κ3) is 1.52. The fourth-order valence-electron chi connectivity index (χ4n) is 2.02. The number of benzene rings is 1. The van der Waals surface area contributed by atoms with Gasteiger partial charge in [-0.05, 0) is 36.6 Å². The van der Waals surface area contributed by atoms with E-state index in [1.54, 1.807) is 0 Å². The molecule has 2 heterocycles. The Morgan fingerprint density at radius 3 is 2.75 bits per heavy atom. The van der Waals surface area contributed by atoms with Crippen LogP contribution in [0.25, 0.3) is 10.9 Å². The van der Waals surface area contributed by atoms with E-state index in [0.717, 1.165) is 18.1 Å². The first-order chi connectivity index (χ1) is 7.83. The van der Waals surface area contributed by atoms with E-state index in [1.165, 1.54) is 10.9 Å². The van der Waals surface area contributed by atoms with Gasteiger partial charge in [-0.25, -0.2) is 0 Å². The van der Waals surface area contributed by atoms with Gasteiger partial charge < -0.3 is 8.98 Å². The molecule has 0 spiro atoms. The Morgan fingerprint density at radius 1 is 1.06 bits per heavy atom. The van der Waals surface area contributed by atoms with Gasteiger partial charge in [0.1, 0.15) is 11.5 Å². The maximum Gasteiger partial charge on any atom is 0.123 e. The van der Waals surface area contributed by atoms with Crippen LogP contribution in [0.3, 0.4) is 0 Å². The molecule has 0 amide bonds. The van der Waals surface area contributed by atoms with Gasteiger partial charge in [-0.2, -0.15) is 0 Å². The van der Waals surface area contributed by atoms with Crippen LogP contribution in [0, 0.1) is 6.92 Å². The van der Waals surface area contributed by atoms with E-state index in [0.29, 0.717) is 0 Å². The third-order valence-corrected chi connectivity index (χ3v) is 2.80. The number of nitrogens with zero attached hydrogens (tertiary/aromatic N) is 1. The molecule has 0 aliphatic carbocycles. The second kappa shape index (κ2) is 3.56. The monoisotopic (exact) mass is 211 g/mol. The first-order valence-corrected chi connectivity index (χ1v) is 5.42. The zero-order valence-electron chi connectivity index (χ0n) is 9.18. The summed E-state index contributed by atoms with van der Waals surface area (Å²) in [5, 5.41) is 1.27. The summed E-state index contributed by atoms with van der Waals surface area (Å²) in [6, 6.07) is 14.5. The Balaban J connectivity index is 2.00. The van der Waals surface area contributed by atoms with Gasteiger partial charge in [0.15, 0.2) is 0 Å². The smallest absolute Gasteiger partial charge is 0.123 e. The van der Waals surface area contributed by atoms with E-state index in [-0.39, 0.29) is 0 Å². The van der Waals surface area contributed by atoms with E-state index in [4.69, 9.17) is 4.42 Å². The van der Waals surface area contributed by atoms with Crippen LogP contribution in [0.4, 0.5) is 0 Å². The van der Waals surface area contributed by atoms with Crippen LogP contribution in [0.5, 0.6) is 0 Å². The molecule has 0 aliphatic heterocycles. The first-order valence-electron chi connectivity index (χ1n) is 5.42. The predicted molar refractivity (Wildman–Crippen MR) is 64.5 cm³/mol. The van der Waals surface area contributed by atoms with Crippen LogP contribution in [0.2, 0.25) is 0 Å². The Bertz CT molecular complexity index is 618. The van der Waals surface area contributed by atoms with Gasteiger partial charge in [0.25, 0.3) is 0 Å². The van der Waals surface area contributed by atoms with Gasteiger partial charge in [0.2, 0.25) is 0 Å². The molecule has 0 radical (unpaired) electrons. The fourth-order valence-corrected chi connectivity index (χ4v) is 2.02. The van der Waals surface area contributed by atoms with Crippen LogP contribution in [0.1, 0.15) is 11.5 Å². The summed E-state index contributed by atoms with van der Waals surface area (Å²) in [5.74, 6) is 1.96. The van der Waals surface area contributed by atoms with Crippen molar-refractivity contribution in [2.75, 3.05) is 0 Å². The molecule has 0 atom stereocenters. The lowest BCUT2D eigenvalue weighted by molar-refractivity contribution is 0.473. The topological polar surface area (TPSA) is 18.1 Å². The Morgan fingerprint density at radius 2 is 1.94 bits per heavy atom. The summed E-state index contributed by atoms with van der Waals surface area (Å²) in [7, 11) is 0. The molecule has 0 saturated carbocycles. The maximum atomic E-state index is 5.58. The highest BCUT2D eigenvalue weighted by Crippen LogP contribution is 2.17. The zero-order chi connectivity index (χ0) is 11.0. The van der Waals surface area contributed by atoms with Gasteiger partial charge in [0.05, 0.1) is 6.54 Å². The minimum atomic E-state index is 0.793. The summed E-state index contributed by atoms with van der Waals surface area (Å²) in [6.07, 6.45) is 2.10. The molecular formula is C14H13NO. The maximum absolute atomic E-state index is 5.58. The van der Waals surface area contributed by atoms with Crippen molar-refractivity contribution in [3.63, 3.8) is 0 Å². The van der Waals surface area contributed by atoms with E-state index in [9.17, 15) is 0 Å². The summed E-state index contributed by atoms with van der Waals surface area (Å²) in [5.41, 5.74) is 1.25. The first kappa shape index (κ1) is 9.28. The molecule has 16 heavy (non-hydrogen) atoms. The highest BCUT2D eigenvalue weighted by Gasteiger charge is 2.03. The number of rotatable bonds is 2. The molecule has 2 heteroatoms. The summed E-state index contributed by atoms with van der Waals surface area (Å²) >= 11 is 0. The summed E-state index contributed by atoms with van der Waals surface area (Å²) in [4.78, 5) is 0. The van der Waals surface area contributed by atoms with Crippen LogP contribution in [0.15, 0.2) is 53.1 Å². The molecule has 0 fully saturated rings. The summed E-state index contributed by atoms with van der Waals surface area (Å²) in [6.45, 7) is 2.76. The minimum absolute atomic E-state index is 0.793. The number of hydrogen-bond acceptors (Lipinski definition) is 1. The molecule has 0 N–H and O–H groups in total. The lowest BCUT2D eigenvalue weighted by Crippen LogP contribution is -1.95. The second-order valence-electron chi connectivity index (χ2n) is 4.01. The number of aryl methyl sites for hydroxylation is 1. The standard InChI is InChI=1S/C14H13NO/c1-11-6-7-13(16-11)10-15-9-8-12-4-2-3-5-14(12)15/h2-9H,10H2,1H3. The van der Waals surface area contributed by atoms with Crippen molar-refractivity contribution in [3.8, 4) is 0 Å². The molecule has 3 aromatic rings.